The summed E-state index contributed by atoms with van der Waals surface area (Å²) in [5, 5.41) is 4.79. The van der Waals surface area contributed by atoms with Crippen LogP contribution in [-0.4, -0.2) is 23.6 Å². The molecule has 4 heteroatoms. The zero-order valence-corrected chi connectivity index (χ0v) is 12.4. The minimum absolute atomic E-state index is 0.168. The SMILES string of the molecule is c1ccc2c(c1)OCC2N=C1NC2CCCCC2CS1. The van der Waals surface area contributed by atoms with E-state index in [0.717, 1.165) is 16.8 Å². The third-order valence-corrected chi connectivity index (χ3v) is 5.69. The second-order valence-corrected chi connectivity index (χ2v) is 6.91. The third-order valence-electron chi connectivity index (χ3n) is 4.60. The maximum Gasteiger partial charge on any atom is 0.157 e. The molecular formula is C16H20N2OS. The molecule has 0 bridgehead atoms. The second-order valence-electron chi connectivity index (χ2n) is 5.91. The highest BCUT2D eigenvalue weighted by Gasteiger charge is 2.31. The molecular weight excluding hydrogens is 268 g/mol. The van der Waals surface area contributed by atoms with Gasteiger partial charge in [0.15, 0.2) is 5.17 Å². The lowest BCUT2D eigenvalue weighted by Crippen LogP contribution is -2.46. The highest BCUT2D eigenvalue weighted by Crippen LogP contribution is 2.36. The van der Waals surface area contributed by atoms with Gasteiger partial charge in [-0.2, -0.15) is 0 Å². The van der Waals surface area contributed by atoms with Gasteiger partial charge in [0, 0.05) is 17.4 Å². The van der Waals surface area contributed by atoms with Gasteiger partial charge >= 0.3 is 0 Å². The Balaban J connectivity index is 1.51. The van der Waals surface area contributed by atoms with E-state index in [1.165, 1.54) is 37.0 Å². The zero-order chi connectivity index (χ0) is 13.4. The molecule has 0 radical (unpaired) electrons. The van der Waals surface area contributed by atoms with Crippen molar-refractivity contribution in [1.29, 1.82) is 0 Å². The van der Waals surface area contributed by atoms with Gasteiger partial charge in [-0.1, -0.05) is 42.8 Å². The van der Waals surface area contributed by atoms with Crippen LogP contribution in [0.15, 0.2) is 29.3 Å². The van der Waals surface area contributed by atoms with Gasteiger partial charge in [-0.05, 0) is 24.8 Å². The minimum atomic E-state index is 0.168. The standard InChI is InChI=1S/C16H20N2OS/c1-3-7-13-11(5-1)10-20-16(17-13)18-14-9-19-15-8-4-2-6-12(14)15/h2,4,6,8,11,13-14H,1,3,5,7,9-10H2,(H,17,18). The molecule has 20 heavy (non-hydrogen) atoms. The quantitative estimate of drug-likeness (QED) is 0.860. The Morgan fingerprint density at radius 3 is 3.10 bits per heavy atom. The van der Waals surface area contributed by atoms with Crippen molar-refractivity contribution in [2.75, 3.05) is 12.4 Å². The lowest BCUT2D eigenvalue weighted by Gasteiger charge is -2.37. The topological polar surface area (TPSA) is 33.6 Å². The Hall–Kier alpha value is -1.16. The number of para-hydroxylation sites is 1. The van der Waals surface area contributed by atoms with Gasteiger partial charge in [-0.15, -0.1) is 0 Å². The molecule has 1 N–H and O–H groups in total. The van der Waals surface area contributed by atoms with Crippen LogP contribution in [0.3, 0.4) is 0 Å². The summed E-state index contributed by atoms with van der Waals surface area (Å²) in [7, 11) is 0. The summed E-state index contributed by atoms with van der Waals surface area (Å²) in [6, 6.07) is 9.08. The predicted octanol–water partition coefficient (Wildman–Crippen LogP) is 3.37. The highest BCUT2D eigenvalue weighted by molar-refractivity contribution is 8.13. The molecule has 1 aromatic carbocycles. The summed E-state index contributed by atoms with van der Waals surface area (Å²) >= 11 is 1.89. The number of benzene rings is 1. The number of rotatable bonds is 1. The average Bonchev–Trinajstić information content (AvgIpc) is 2.91. The Morgan fingerprint density at radius 1 is 1.20 bits per heavy atom. The highest BCUT2D eigenvalue weighted by atomic mass is 32.2. The molecule has 3 atom stereocenters. The summed E-state index contributed by atoms with van der Waals surface area (Å²) in [6.45, 7) is 0.680. The Bertz CT molecular complexity index is 531. The summed E-state index contributed by atoms with van der Waals surface area (Å²) in [6.07, 6.45) is 5.45. The van der Waals surface area contributed by atoms with E-state index in [1.54, 1.807) is 0 Å². The van der Waals surface area contributed by atoms with Crippen LogP contribution in [0.4, 0.5) is 0 Å². The fourth-order valence-electron chi connectivity index (χ4n) is 3.45. The maximum atomic E-state index is 5.72. The number of hydrogen-bond acceptors (Lipinski definition) is 3. The summed E-state index contributed by atoms with van der Waals surface area (Å²) < 4.78 is 5.72. The predicted molar refractivity (Wildman–Crippen MR) is 83.5 cm³/mol. The van der Waals surface area contributed by atoms with E-state index in [0.29, 0.717) is 12.6 Å². The van der Waals surface area contributed by atoms with Gasteiger partial charge in [0.05, 0.1) is 0 Å². The van der Waals surface area contributed by atoms with Crippen molar-refractivity contribution in [3.8, 4) is 5.75 Å². The van der Waals surface area contributed by atoms with Crippen LogP contribution in [0.5, 0.6) is 5.75 Å². The van der Waals surface area contributed by atoms with Crippen molar-refractivity contribution in [1.82, 2.24) is 5.32 Å². The molecule has 3 aliphatic rings. The molecule has 4 rings (SSSR count). The number of thioether (sulfide) groups is 1. The first-order chi connectivity index (χ1) is 9.90. The van der Waals surface area contributed by atoms with Crippen LogP contribution in [0.25, 0.3) is 0 Å². The van der Waals surface area contributed by atoms with E-state index < -0.39 is 0 Å². The number of ether oxygens (including phenoxy) is 1. The van der Waals surface area contributed by atoms with Crippen molar-refractivity contribution in [3.05, 3.63) is 29.8 Å². The zero-order valence-electron chi connectivity index (χ0n) is 11.5. The van der Waals surface area contributed by atoms with Gasteiger partial charge in [0.2, 0.25) is 0 Å². The van der Waals surface area contributed by atoms with E-state index in [4.69, 9.17) is 9.73 Å². The fraction of sp³-hybridized carbons (Fsp3) is 0.562. The van der Waals surface area contributed by atoms with Crippen LogP contribution in [-0.2, 0) is 0 Å². The molecule has 1 aliphatic carbocycles. The monoisotopic (exact) mass is 288 g/mol. The first kappa shape index (κ1) is 12.6. The largest absolute Gasteiger partial charge is 0.491 e. The van der Waals surface area contributed by atoms with Crippen molar-refractivity contribution in [2.24, 2.45) is 10.9 Å². The maximum absolute atomic E-state index is 5.72. The van der Waals surface area contributed by atoms with Crippen LogP contribution >= 0.6 is 11.8 Å². The molecule has 1 saturated carbocycles. The van der Waals surface area contributed by atoms with Gasteiger partial charge in [-0.3, -0.25) is 4.99 Å². The number of amidine groups is 1. The first-order valence-electron chi connectivity index (χ1n) is 7.59. The number of aliphatic imine (C=N–C) groups is 1. The first-order valence-corrected chi connectivity index (χ1v) is 8.57. The molecule has 2 heterocycles. The number of nitrogens with one attached hydrogen (secondary N) is 1. The van der Waals surface area contributed by atoms with Gasteiger partial charge in [0.1, 0.15) is 18.4 Å². The summed E-state index contributed by atoms with van der Waals surface area (Å²) in [4.78, 5) is 4.91. The van der Waals surface area contributed by atoms with Crippen molar-refractivity contribution >= 4 is 16.9 Å². The van der Waals surface area contributed by atoms with E-state index in [1.807, 2.05) is 23.9 Å². The smallest absolute Gasteiger partial charge is 0.157 e. The van der Waals surface area contributed by atoms with Gasteiger partial charge < -0.3 is 10.1 Å². The Kier molecular flexibility index (Phi) is 3.34. The van der Waals surface area contributed by atoms with E-state index in [9.17, 15) is 0 Å². The number of hydrogen-bond donors (Lipinski definition) is 1. The summed E-state index contributed by atoms with van der Waals surface area (Å²) in [5.41, 5.74) is 1.23. The van der Waals surface area contributed by atoms with Crippen molar-refractivity contribution in [2.45, 2.75) is 37.8 Å². The second kappa shape index (κ2) is 5.32. The molecule has 2 fully saturated rings. The Morgan fingerprint density at radius 2 is 2.10 bits per heavy atom. The molecule has 1 saturated heterocycles. The third kappa shape index (κ3) is 2.30. The van der Waals surface area contributed by atoms with Crippen molar-refractivity contribution in [3.63, 3.8) is 0 Å². The average molecular weight is 288 g/mol. The van der Waals surface area contributed by atoms with E-state index in [-0.39, 0.29) is 6.04 Å². The minimum Gasteiger partial charge on any atom is -0.491 e. The van der Waals surface area contributed by atoms with Gasteiger partial charge in [-0.25, -0.2) is 0 Å². The summed E-state index contributed by atoms with van der Waals surface area (Å²) in [5.74, 6) is 3.07. The normalized spacial score (nSPS) is 34.0. The molecule has 0 amide bonds. The Labute approximate surface area is 124 Å². The molecule has 3 nitrogen and oxygen atoms in total. The lowest BCUT2D eigenvalue weighted by atomic mass is 9.86. The van der Waals surface area contributed by atoms with Crippen LogP contribution in [0.1, 0.15) is 37.3 Å². The molecule has 2 aliphatic heterocycles. The number of nitrogens with zero attached hydrogens (tertiary/aromatic N) is 1. The number of fused-ring (bicyclic) bond motifs is 2. The molecule has 0 spiro atoms. The van der Waals surface area contributed by atoms with E-state index in [2.05, 4.69) is 17.4 Å². The fourth-order valence-corrected chi connectivity index (χ4v) is 4.66. The molecule has 3 unspecified atom stereocenters. The molecule has 106 valence electrons. The van der Waals surface area contributed by atoms with Crippen molar-refractivity contribution < 1.29 is 4.74 Å². The molecule has 1 aromatic rings. The van der Waals surface area contributed by atoms with Gasteiger partial charge in [0.25, 0.3) is 0 Å². The van der Waals surface area contributed by atoms with Crippen LogP contribution < -0.4 is 10.1 Å². The van der Waals surface area contributed by atoms with Crippen LogP contribution in [0.2, 0.25) is 0 Å². The lowest BCUT2D eigenvalue weighted by molar-refractivity contribution is 0.309. The van der Waals surface area contributed by atoms with Crippen LogP contribution in [0, 0.1) is 5.92 Å². The van der Waals surface area contributed by atoms with E-state index >= 15 is 0 Å². The molecule has 0 aromatic heterocycles.